The minimum atomic E-state index is -0.827. The second kappa shape index (κ2) is 10.2. The molecule has 1 N–H and O–H groups in total. The quantitative estimate of drug-likeness (QED) is 0.384. The van der Waals surface area contributed by atoms with Gasteiger partial charge in [0.2, 0.25) is 0 Å². The van der Waals surface area contributed by atoms with Crippen LogP contribution in [0.2, 0.25) is 0 Å². The molecule has 0 saturated heterocycles. The van der Waals surface area contributed by atoms with Crippen LogP contribution in [0, 0.1) is 11.6 Å². The molecule has 9 nitrogen and oxygen atoms in total. The van der Waals surface area contributed by atoms with E-state index >= 15 is 8.78 Å². The Hall–Kier alpha value is -3.86. The van der Waals surface area contributed by atoms with Crippen molar-refractivity contribution < 1.29 is 18.3 Å². The summed E-state index contributed by atoms with van der Waals surface area (Å²) in [4.78, 5) is 6.15. The van der Waals surface area contributed by atoms with E-state index in [1.165, 1.54) is 25.2 Å². The number of nitrogens with one attached hydrogen (secondary N) is 1. The lowest BCUT2D eigenvalue weighted by Crippen LogP contribution is -2.33. The summed E-state index contributed by atoms with van der Waals surface area (Å²) in [6.07, 6.45) is 3.42. The first kappa shape index (κ1) is 24.3. The number of hydrogen-bond donors (Lipinski definition) is 1. The lowest BCUT2D eigenvalue weighted by Gasteiger charge is -2.28. The van der Waals surface area contributed by atoms with Gasteiger partial charge in [-0.15, -0.1) is 10.2 Å². The number of fused-ring (bicyclic) bond motifs is 1. The first-order chi connectivity index (χ1) is 16.8. The van der Waals surface area contributed by atoms with Gasteiger partial charge in [-0.1, -0.05) is 13.8 Å². The van der Waals surface area contributed by atoms with Crippen molar-refractivity contribution in [1.82, 2.24) is 30.3 Å². The Balaban J connectivity index is 1.84. The van der Waals surface area contributed by atoms with Crippen LogP contribution in [-0.4, -0.2) is 58.3 Å². The van der Waals surface area contributed by atoms with Crippen LogP contribution < -0.4 is 19.7 Å². The number of aryl methyl sites for hydroxylation is 1. The third kappa shape index (κ3) is 4.99. The fourth-order valence-corrected chi connectivity index (χ4v) is 3.70. The molecule has 0 saturated carbocycles. The number of nitrogens with zero attached hydrogens (tertiary/aromatic N) is 6. The lowest BCUT2D eigenvalue weighted by molar-refractivity contribution is 0.359. The third-order valence-corrected chi connectivity index (χ3v) is 5.42. The van der Waals surface area contributed by atoms with Crippen molar-refractivity contribution in [3.05, 3.63) is 48.3 Å². The van der Waals surface area contributed by atoms with E-state index in [-0.39, 0.29) is 29.8 Å². The predicted octanol–water partition coefficient (Wildman–Crippen LogP) is 3.86. The second-order valence-electron chi connectivity index (χ2n) is 8.23. The lowest BCUT2D eigenvalue weighted by atomic mass is 10.1. The van der Waals surface area contributed by atoms with E-state index in [0.717, 1.165) is 0 Å². The van der Waals surface area contributed by atoms with E-state index in [0.29, 0.717) is 34.7 Å². The van der Waals surface area contributed by atoms with E-state index in [2.05, 4.69) is 25.6 Å². The topological polar surface area (TPSA) is 90.2 Å². The van der Waals surface area contributed by atoms with E-state index in [9.17, 15) is 0 Å². The first-order valence-electron chi connectivity index (χ1n) is 11.1. The smallest absolute Gasteiger partial charge is 0.191 e. The fraction of sp³-hybridized carbons (Fsp3) is 0.333. The van der Waals surface area contributed by atoms with Gasteiger partial charge in [0.05, 0.1) is 31.5 Å². The maximum atomic E-state index is 15.4. The average molecular weight is 484 g/mol. The van der Waals surface area contributed by atoms with Crippen molar-refractivity contribution in [2.45, 2.75) is 19.9 Å². The van der Waals surface area contributed by atoms with Crippen molar-refractivity contribution in [3.8, 4) is 22.9 Å². The molecular formula is C24H27F2N7O2. The highest BCUT2D eigenvalue weighted by molar-refractivity contribution is 5.82. The van der Waals surface area contributed by atoms with Gasteiger partial charge in [0, 0.05) is 44.1 Å². The van der Waals surface area contributed by atoms with Gasteiger partial charge in [0.1, 0.15) is 11.2 Å². The number of rotatable bonds is 9. The molecule has 35 heavy (non-hydrogen) atoms. The van der Waals surface area contributed by atoms with Gasteiger partial charge in [0.15, 0.2) is 29.0 Å². The number of benzene rings is 2. The van der Waals surface area contributed by atoms with Crippen LogP contribution in [0.25, 0.3) is 22.4 Å². The molecular weight excluding hydrogens is 456 g/mol. The molecule has 0 aliphatic rings. The maximum Gasteiger partial charge on any atom is 0.191 e. The van der Waals surface area contributed by atoms with Gasteiger partial charge in [-0.2, -0.15) is 5.10 Å². The molecule has 0 radical (unpaired) electrons. The highest BCUT2D eigenvalue weighted by Crippen LogP contribution is 2.40. The first-order valence-corrected chi connectivity index (χ1v) is 11.1. The molecule has 4 aromatic rings. The monoisotopic (exact) mass is 483 g/mol. The molecule has 11 heteroatoms. The van der Waals surface area contributed by atoms with E-state index < -0.39 is 11.6 Å². The second-order valence-corrected chi connectivity index (χ2v) is 8.23. The highest BCUT2D eigenvalue weighted by Gasteiger charge is 2.26. The Kier molecular flexibility index (Phi) is 7.06. The summed E-state index contributed by atoms with van der Waals surface area (Å²) >= 11 is 0. The maximum absolute atomic E-state index is 15.4. The number of anilines is 2. The molecule has 2 aromatic heterocycles. The van der Waals surface area contributed by atoms with E-state index in [1.807, 2.05) is 13.8 Å². The standard InChI is InChI=1S/C24H27F2N7O2/c1-14(2)27-8-9-33(23-21(25)19(34-4)11-20(35-5)22(23)26)16-6-7-17-18(10-16)29-24(31-30-17)15-12-28-32(3)13-15/h6-7,10-14,27H,8-9H2,1-5H3. The third-order valence-electron chi connectivity index (χ3n) is 5.42. The molecule has 4 rings (SSSR count). The number of aromatic nitrogens is 5. The molecule has 2 aromatic carbocycles. The molecule has 0 spiro atoms. The molecule has 184 valence electrons. The summed E-state index contributed by atoms with van der Waals surface area (Å²) in [5.74, 6) is -1.50. The largest absolute Gasteiger partial charge is 0.493 e. The fourth-order valence-electron chi connectivity index (χ4n) is 3.70. The summed E-state index contributed by atoms with van der Waals surface area (Å²) in [7, 11) is 4.44. The van der Waals surface area contributed by atoms with Gasteiger partial charge in [-0.05, 0) is 18.2 Å². The Morgan fingerprint density at radius 1 is 1.03 bits per heavy atom. The molecule has 0 unspecified atom stereocenters. The van der Waals surface area contributed by atoms with Crippen LogP contribution >= 0.6 is 0 Å². The Bertz CT molecular complexity index is 1310. The van der Waals surface area contributed by atoms with Crippen LogP contribution in [0.5, 0.6) is 11.5 Å². The van der Waals surface area contributed by atoms with Gasteiger partial charge >= 0.3 is 0 Å². The SMILES string of the molecule is COc1cc(OC)c(F)c(N(CCNC(C)C)c2ccc3nnc(-c4cnn(C)c4)nc3c2)c1F. The van der Waals surface area contributed by atoms with E-state index in [1.54, 1.807) is 42.3 Å². The van der Waals surface area contributed by atoms with Crippen LogP contribution in [0.15, 0.2) is 36.7 Å². The molecule has 0 amide bonds. The molecule has 0 bridgehead atoms. The minimum Gasteiger partial charge on any atom is -0.493 e. The van der Waals surface area contributed by atoms with Gasteiger partial charge in [-0.25, -0.2) is 13.8 Å². The average Bonchev–Trinajstić information content (AvgIpc) is 3.28. The van der Waals surface area contributed by atoms with Crippen molar-refractivity contribution >= 4 is 22.4 Å². The summed E-state index contributed by atoms with van der Waals surface area (Å²) in [6.45, 7) is 4.73. The molecule has 0 aliphatic heterocycles. The van der Waals surface area contributed by atoms with Crippen molar-refractivity contribution in [1.29, 1.82) is 0 Å². The van der Waals surface area contributed by atoms with E-state index in [4.69, 9.17) is 9.47 Å². The molecule has 2 heterocycles. The van der Waals surface area contributed by atoms with Crippen molar-refractivity contribution in [2.24, 2.45) is 7.05 Å². The van der Waals surface area contributed by atoms with Gasteiger partial charge in [0.25, 0.3) is 0 Å². The highest BCUT2D eigenvalue weighted by atomic mass is 19.1. The van der Waals surface area contributed by atoms with Crippen molar-refractivity contribution in [3.63, 3.8) is 0 Å². The summed E-state index contributed by atoms with van der Waals surface area (Å²) < 4.78 is 42.8. The number of ether oxygens (including phenoxy) is 2. The number of hydrogen-bond acceptors (Lipinski definition) is 8. The van der Waals surface area contributed by atoms with Gasteiger partial charge in [-0.3, -0.25) is 4.68 Å². The number of methoxy groups -OCH3 is 2. The minimum absolute atomic E-state index is 0.122. The predicted molar refractivity (Wildman–Crippen MR) is 129 cm³/mol. The van der Waals surface area contributed by atoms with Gasteiger partial charge < -0.3 is 19.7 Å². The van der Waals surface area contributed by atoms with Crippen molar-refractivity contribution in [2.75, 3.05) is 32.2 Å². The van der Waals surface area contributed by atoms with Crippen LogP contribution in [-0.2, 0) is 7.05 Å². The Morgan fingerprint density at radius 2 is 1.74 bits per heavy atom. The zero-order chi connectivity index (χ0) is 25.1. The summed E-state index contributed by atoms with van der Waals surface area (Å²) in [5, 5.41) is 15.9. The Labute approximate surface area is 201 Å². The molecule has 0 aliphatic carbocycles. The zero-order valence-electron chi connectivity index (χ0n) is 20.2. The summed E-state index contributed by atoms with van der Waals surface area (Å²) in [5.41, 5.74) is 2.02. The zero-order valence-corrected chi connectivity index (χ0v) is 20.2. The van der Waals surface area contributed by atoms with Crippen LogP contribution in [0.3, 0.4) is 0 Å². The van der Waals surface area contributed by atoms with Crippen LogP contribution in [0.4, 0.5) is 20.2 Å². The summed E-state index contributed by atoms with van der Waals surface area (Å²) in [6, 6.07) is 6.55. The Morgan fingerprint density at radius 3 is 2.34 bits per heavy atom. The number of halogens is 2. The normalized spacial score (nSPS) is 11.3. The van der Waals surface area contributed by atoms with Crippen LogP contribution in [0.1, 0.15) is 13.8 Å². The molecule has 0 atom stereocenters. The molecule has 0 fully saturated rings.